The van der Waals surface area contributed by atoms with Gasteiger partial charge in [0, 0.05) is 6.20 Å². The summed E-state index contributed by atoms with van der Waals surface area (Å²) >= 11 is 0. The van der Waals surface area contributed by atoms with Gasteiger partial charge >= 0.3 is 12.1 Å². The molecule has 1 aromatic heterocycles. The third-order valence-electron chi connectivity index (χ3n) is 2.77. The Bertz CT molecular complexity index is 632. The summed E-state index contributed by atoms with van der Waals surface area (Å²) in [6.45, 7) is 1.77. The van der Waals surface area contributed by atoms with Gasteiger partial charge < -0.3 is 5.11 Å². The number of carbonyl (C=O) groups is 1. The maximum Gasteiger partial charge on any atom is 0.434 e. The first-order valence-corrected chi connectivity index (χ1v) is 7.85. The van der Waals surface area contributed by atoms with Gasteiger partial charge in [0.25, 0.3) is 0 Å². The first-order chi connectivity index (χ1) is 10.1. The Labute approximate surface area is 125 Å². The molecule has 22 heavy (non-hydrogen) atoms. The number of rotatable bonds is 7. The van der Waals surface area contributed by atoms with Crippen molar-refractivity contribution in [2.75, 3.05) is 0 Å². The molecular formula is C12H15F3N2O4S. The number of hydrogen-bond acceptors (Lipinski definition) is 4. The normalized spacial score (nSPS) is 13.8. The van der Waals surface area contributed by atoms with Gasteiger partial charge in [-0.1, -0.05) is 19.8 Å². The predicted molar refractivity (Wildman–Crippen MR) is 70.5 cm³/mol. The fraction of sp³-hybridized carbons (Fsp3) is 0.500. The maximum atomic E-state index is 12.8. The summed E-state index contributed by atoms with van der Waals surface area (Å²) in [5.41, 5.74) is -1.58. The molecular weight excluding hydrogens is 325 g/mol. The fourth-order valence-electron chi connectivity index (χ4n) is 1.71. The summed E-state index contributed by atoms with van der Waals surface area (Å²) in [5, 5.41) is 8.97. The minimum atomic E-state index is -4.96. The monoisotopic (exact) mass is 340 g/mol. The van der Waals surface area contributed by atoms with Crippen LogP contribution >= 0.6 is 0 Å². The summed E-state index contributed by atoms with van der Waals surface area (Å²) in [4.78, 5) is 13.0. The van der Waals surface area contributed by atoms with E-state index in [1.165, 1.54) is 0 Å². The summed E-state index contributed by atoms with van der Waals surface area (Å²) in [5.74, 6) is -1.45. The minimum Gasteiger partial charge on any atom is -0.480 e. The average Bonchev–Trinajstić information content (AvgIpc) is 2.42. The van der Waals surface area contributed by atoms with E-state index in [4.69, 9.17) is 5.11 Å². The number of aromatic nitrogens is 1. The highest BCUT2D eigenvalue weighted by Gasteiger charge is 2.39. The van der Waals surface area contributed by atoms with Gasteiger partial charge in [-0.2, -0.15) is 17.9 Å². The lowest BCUT2D eigenvalue weighted by molar-refractivity contribution is -0.143. The minimum absolute atomic E-state index is 0.0212. The lowest BCUT2D eigenvalue weighted by atomic mass is 10.1. The smallest absolute Gasteiger partial charge is 0.434 e. The molecule has 1 heterocycles. The van der Waals surface area contributed by atoms with Crippen molar-refractivity contribution in [3.8, 4) is 0 Å². The van der Waals surface area contributed by atoms with Crippen LogP contribution in [0.5, 0.6) is 0 Å². The molecule has 1 aromatic rings. The molecule has 0 aliphatic rings. The van der Waals surface area contributed by atoms with Crippen LogP contribution in [0.1, 0.15) is 31.9 Å². The summed E-state index contributed by atoms with van der Waals surface area (Å²) in [7, 11) is -4.66. The second-order valence-electron chi connectivity index (χ2n) is 4.50. The van der Waals surface area contributed by atoms with E-state index < -0.39 is 38.8 Å². The Morgan fingerprint density at radius 1 is 1.45 bits per heavy atom. The molecule has 1 unspecified atom stereocenters. The first-order valence-electron chi connectivity index (χ1n) is 6.37. The van der Waals surface area contributed by atoms with Gasteiger partial charge in [0.05, 0.1) is 0 Å². The Balaban J connectivity index is 3.17. The molecule has 10 heteroatoms. The van der Waals surface area contributed by atoms with Crippen LogP contribution in [-0.4, -0.2) is 30.5 Å². The molecule has 124 valence electrons. The Morgan fingerprint density at radius 2 is 2.09 bits per heavy atom. The molecule has 0 radical (unpaired) electrons. The van der Waals surface area contributed by atoms with Gasteiger partial charge in [-0.15, -0.1) is 0 Å². The highest BCUT2D eigenvalue weighted by Crippen LogP contribution is 2.32. The van der Waals surface area contributed by atoms with E-state index >= 15 is 0 Å². The van der Waals surface area contributed by atoms with Gasteiger partial charge in [-0.05, 0) is 18.6 Å². The second kappa shape index (κ2) is 7.05. The summed E-state index contributed by atoms with van der Waals surface area (Å²) in [6.07, 6.45) is -3.14. The van der Waals surface area contributed by atoms with E-state index in [9.17, 15) is 26.4 Å². The molecule has 2 N–H and O–H groups in total. The van der Waals surface area contributed by atoms with Crippen molar-refractivity contribution in [2.24, 2.45) is 0 Å². The lowest BCUT2D eigenvalue weighted by Crippen LogP contribution is -2.41. The van der Waals surface area contributed by atoms with Crippen LogP contribution in [-0.2, 0) is 21.0 Å². The van der Waals surface area contributed by atoms with Crippen molar-refractivity contribution in [1.29, 1.82) is 0 Å². The number of alkyl halides is 3. The van der Waals surface area contributed by atoms with Crippen molar-refractivity contribution < 1.29 is 31.5 Å². The maximum absolute atomic E-state index is 12.8. The van der Waals surface area contributed by atoms with Gasteiger partial charge in [0.2, 0.25) is 10.0 Å². The second-order valence-corrected chi connectivity index (χ2v) is 6.18. The number of carboxylic acid groups (broad SMARTS) is 1. The van der Waals surface area contributed by atoms with Crippen LogP contribution in [0.25, 0.3) is 0 Å². The molecule has 0 amide bonds. The number of sulfonamides is 1. The van der Waals surface area contributed by atoms with E-state index in [0.717, 1.165) is 18.3 Å². The Morgan fingerprint density at radius 3 is 2.59 bits per heavy atom. The van der Waals surface area contributed by atoms with E-state index in [-0.39, 0.29) is 6.42 Å². The SMILES string of the molecule is CCCCC(NS(=O)(=O)c1cccnc1C(F)(F)F)C(=O)O. The van der Waals surface area contributed by atoms with Crippen LogP contribution < -0.4 is 4.72 Å². The highest BCUT2D eigenvalue weighted by atomic mass is 32.2. The number of unbranched alkanes of at least 4 members (excludes halogenated alkanes) is 1. The molecule has 0 bridgehead atoms. The molecule has 0 aliphatic heterocycles. The predicted octanol–water partition coefficient (Wildman–Crippen LogP) is 2.02. The number of carboxylic acids is 1. The fourth-order valence-corrected chi connectivity index (χ4v) is 3.11. The number of aliphatic carboxylic acids is 1. The zero-order valence-corrected chi connectivity index (χ0v) is 12.4. The quantitative estimate of drug-likeness (QED) is 0.792. The van der Waals surface area contributed by atoms with Crippen LogP contribution in [0.2, 0.25) is 0 Å². The molecule has 0 fully saturated rings. The van der Waals surface area contributed by atoms with Crippen molar-refractivity contribution in [3.63, 3.8) is 0 Å². The number of hydrogen-bond donors (Lipinski definition) is 2. The standard InChI is InChI=1S/C12H15F3N2O4S/c1-2-3-5-8(11(18)19)17-22(20,21)9-6-4-7-16-10(9)12(13,14)15/h4,6-8,17H,2-3,5H2,1H3,(H,18,19). The highest BCUT2D eigenvalue weighted by molar-refractivity contribution is 7.89. The molecule has 1 atom stereocenters. The Kier molecular flexibility index (Phi) is 5.89. The van der Waals surface area contributed by atoms with Gasteiger partial charge in [0.1, 0.15) is 10.9 Å². The third-order valence-corrected chi connectivity index (χ3v) is 4.27. The van der Waals surface area contributed by atoms with Crippen LogP contribution in [0.4, 0.5) is 13.2 Å². The molecule has 6 nitrogen and oxygen atoms in total. The van der Waals surface area contributed by atoms with Gasteiger partial charge in [-0.3, -0.25) is 9.78 Å². The lowest BCUT2D eigenvalue weighted by Gasteiger charge is -2.16. The third kappa shape index (κ3) is 4.67. The van der Waals surface area contributed by atoms with Gasteiger partial charge in [-0.25, -0.2) is 8.42 Å². The van der Waals surface area contributed by atoms with Crippen LogP contribution in [0, 0.1) is 0 Å². The van der Waals surface area contributed by atoms with Crippen molar-refractivity contribution >= 4 is 16.0 Å². The average molecular weight is 340 g/mol. The van der Waals surface area contributed by atoms with Crippen molar-refractivity contribution in [2.45, 2.75) is 43.3 Å². The number of pyridine rings is 1. The largest absolute Gasteiger partial charge is 0.480 e. The number of nitrogens with zero attached hydrogens (tertiary/aromatic N) is 1. The van der Waals surface area contributed by atoms with Crippen LogP contribution in [0.15, 0.2) is 23.2 Å². The van der Waals surface area contributed by atoms with Crippen molar-refractivity contribution in [3.05, 3.63) is 24.0 Å². The molecule has 0 saturated carbocycles. The number of halogens is 3. The zero-order valence-electron chi connectivity index (χ0n) is 11.6. The van der Waals surface area contributed by atoms with Gasteiger partial charge in [0.15, 0.2) is 5.69 Å². The Hall–Kier alpha value is -1.68. The molecule has 1 rings (SSSR count). The van der Waals surface area contributed by atoms with E-state index in [1.54, 1.807) is 11.6 Å². The van der Waals surface area contributed by atoms with E-state index in [0.29, 0.717) is 12.8 Å². The van der Waals surface area contributed by atoms with Crippen LogP contribution in [0.3, 0.4) is 0 Å². The zero-order chi connectivity index (χ0) is 17.0. The van der Waals surface area contributed by atoms with E-state index in [2.05, 4.69) is 4.98 Å². The van der Waals surface area contributed by atoms with Crippen molar-refractivity contribution in [1.82, 2.24) is 9.71 Å². The van der Waals surface area contributed by atoms with E-state index in [1.807, 2.05) is 0 Å². The topological polar surface area (TPSA) is 96.4 Å². The molecule has 0 aromatic carbocycles. The summed E-state index contributed by atoms with van der Waals surface area (Å²) in [6, 6.07) is 0.272. The number of nitrogens with one attached hydrogen (secondary N) is 1. The molecule has 0 spiro atoms. The summed E-state index contributed by atoms with van der Waals surface area (Å²) < 4.78 is 64.3. The molecule has 0 aliphatic carbocycles. The first kappa shape index (κ1) is 18.4. The molecule has 0 saturated heterocycles.